The van der Waals surface area contributed by atoms with Crippen LogP contribution in [0.3, 0.4) is 0 Å². The Morgan fingerprint density at radius 3 is 2.92 bits per heavy atom. The van der Waals surface area contributed by atoms with Crippen molar-refractivity contribution in [2.75, 3.05) is 0 Å². The monoisotopic (exact) mass is 337 g/mol. The van der Waals surface area contributed by atoms with Crippen LogP contribution in [0, 0.1) is 23.7 Å². The first-order valence-corrected chi connectivity index (χ1v) is 9.20. The summed E-state index contributed by atoms with van der Waals surface area (Å²) in [6.07, 6.45) is 14.4. The largest absolute Gasteiger partial charge is 0.358 e. The van der Waals surface area contributed by atoms with Gasteiger partial charge in [-0.15, -0.1) is 0 Å². The quantitative estimate of drug-likeness (QED) is 0.380. The number of thiocarbonyl (C=S) groups is 1. The summed E-state index contributed by atoms with van der Waals surface area (Å²) < 4.78 is 0. The van der Waals surface area contributed by atoms with E-state index in [9.17, 15) is 0 Å². The van der Waals surface area contributed by atoms with Crippen LogP contribution in [-0.2, 0) is 0 Å². The van der Waals surface area contributed by atoms with Crippen molar-refractivity contribution in [3.63, 3.8) is 0 Å². The van der Waals surface area contributed by atoms with Crippen molar-refractivity contribution in [2.24, 2.45) is 28.8 Å². The highest BCUT2D eigenvalue weighted by Gasteiger charge is 2.52. The van der Waals surface area contributed by atoms with Gasteiger partial charge in [-0.1, -0.05) is 48.6 Å². The van der Waals surface area contributed by atoms with Gasteiger partial charge in [0, 0.05) is 12.3 Å². The van der Waals surface area contributed by atoms with Gasteiger partial charge in [0.2, 0.25) is 0 Å². The number of fused-ring (bicyclic) bond motifs is 5. The zero-order chi connectivity index (χ0) is 16.4. The number of hydrogen-bond acceptors (Lipinski definition) is 2. The predicted molar refractivity (Wildman–Crippen MR) is 104 cm³/mol. The summed E-state index contributed by atoms with van der Waals surface area (Å²) in [4.78, 5) is 0. The molecule has 3 nitrogen and oxygen atoms in total. The molecule has 4 heteroatoms. The Morgan fingerprint density at radius 1 is 1.17 bits per heavy atom. The van der Waals surface area contributed by atoms with Gasteiger partial charge >= 0.3 is 0 Å². The second kappa shape index (κ2) is 6.89. The van der Waals surface area contributed by atoms with E-state index in [1.165, 1.54) is 19.3 Å². The lowest BCUT2D eigenvalue weighted by Gasteiger charge is -2.32. The lowest BCUT2D eigenvalue weighted by Crippen LogP contribution is -2.45. The van der Waals surface area contributed by atoms with Crippen LogP contribution in [0.4, 0.5) is 0 Å². The molecule has 0 aliphatic heterocycles. The first-order valence-electron chi connectivity index (χ1n) is 8.79. The molecule has 2 N–H and O–H groups in total. The van der Waals surface area contributed by atoms with E-state index < -0.39 is 0 Å². The van der Waals surface area contributed by atoms with E-state index >= 15 is 0 Å². The number of nitrogens with one attached hydrogen (secondary N) is 2. The summed E-state index contributed by atoms with van der Waals surface area (Å²) in [6.45, 7) is 0. The van der Waals surface area contributed by atoms with E-state index in [4.69, 9.17) is 12.2 Å². The normalized spacial score (nSPS) is 33.4. The molecule has 0 spiro atoms. The molecule has 4 rings (SSSR count). The molecule has 3 aliphatic rings. The molecular weight excluding hydrogens is 314 g/mol. The fourth-order valence-corrected chi connectivity index (χ4v) is 4.97. The summed E-state index contributed by atoms with van der Waals surface area (Å²) in [5.41, 5.74) is 4.09. The number of hydrazone groups is 1. The second-order valence-corrected chi connectivity index (χ2v) is 7.45. The van der Waals surface area contributed by atoms with E-state index in [0.29, 0.717) is 11.2 Å². The van der Waals surface area contributed by atoms with E-state index in [1.807, 2.05) is 30.4 Å². The lowest BCUT2D eigenvalue weighted by atomic mass is 9.79. The molecule has 0 amide bonds. The van der Waals surface area contributed by atoms with Crippen LogP contribution in [-0.4, -0.2) is 17.4 Å². The maximum absolute atomic E-state index is 5.39. The van der Waals surface area contributed by atoms with Gasteiger partial charge in [0.05, 0.1) is 0 Å². The third-order valence-corrected chi connectivity index (χ3v) is 5.95. The molecule has 2 fully saturated rings. The number of allylic oxidation sites excluding steroid dienone is 3. The Kier molecular flexibility index (Phi) is 4.48. The van der Waals surface area contributed by atoms with Gasteiger partial charge in [-0.2, -0.15) is 5.10 Å². The fraction of sp³-hybridized carbons (Fsp3) is 0.400. The minimum atomic E-state index is 0.508. The molecule has 1 aromatic carbocycles. The Bertz CT molecular complexity index is 679. The number of rotatable bonds is 4. The number of benzene rings is 1. The van der Waals surface area contributed by atoms with Gasteiger partial charge in [-0.25, -0.2) is 0 Å². The third kappa shape index (κ3) is 3.16. The minimum Gasteiger partial charge on any atom is -0.358 e. The van der Waals surface area contributed by atoms with Crippen LogP contribution in [0.2, 0.25) is 0 Å². The second-order valence-electron chi connectivity index (χ2n) is 7.04. The van der Waals surface area contributed by atoms with Crippen molar-refractivity contribution < 1.29 is 0 Å². The molecule has 2 saturated carbocycles. The molecule has 0 heterocycles. The summed E-state index contributed by atoms with van der Waals surface area (Å²) in [5, 5.41) is 8.29. The summed E-state index contributed by atoms with van der Waals surface area (Å²) in [6, 6.07) is 10.7. The highest BCUT2D eigenvalue weighted by molar-refractivity contribution is 7.80. The predicted octanol–water partition coefficient (Wildman–Crippen LogP) is 3.75. The summed E-state index contributed by atoms with van der Waals surface area (Å²) in [5.74, 6) is 3.32. The Hall–Kier alpha value is -1.94. The van der Waals surface area contributed by atoms with Crippen molar-refractivity contribution in [3.05, 3.63) is 54.1 Å². The summed E-state index contributed by atoms with van der Waals surface area (Å²) >= 11 is 5.39. The molecule has 24 heavy (non-hydrogen) atoms. The number of hydrogen-bond donors (Lipinski definition) is 2. The number of nitrogens with zero attached hydrogens (tertiary/aromatic N) is 1. The van der Waals surface area contributed by atoms with Crippen LogP contribution in [0.15, 0.2) is 53.7 Å². The smallest absolute Gasteiger partial charge is 0.187 e. The zero-order valence-corrected chi connectivity index (χ0v) is 14.5. The van der Waals surface area contributed by atoms with E-state index in [-0.39, 0.29) is 0 Å². The van der Waals surface area contributed by atoms with Crippen molar-refractivity contribution in [2.45, 2.75) is 25.3 Å². The Morgan fingerprint density at radius 2 is 2.04 bits per heavy atom. The average Bonchev–Trinajstić information content (AvgIpc) is 3.28. The van der Waals surface area contributed by atoms with Crippen molar-refractivity contribution in [1.29, 1.82) is 0 Å². The summed E-state index contributed by atoms with van der Waals surface area (Å²) in [7, 11) is 0. The molecule has 0 saturated heterocycles. The van der Waals surface area contributed by atoms with Crippen LogP contribution in [0.25, 0.3) is 6.08 Å². The van der Waals surface area contributed by atoms with Crippen LogP contribution >= 0.6 is 12.2 Å². The van der Waals surface area contributed by atoms with Gasteiger partial charge in [0.1, 0.15) is 0 Å². The van der Waals surface area contributed by atoms with Crippen molar-refractivity contribution in [1.82, 2.24) is 10.7 Å². The highest BCUT2D eigenvalue weighted by atomic mass is 32.1. The minimum absolute atomic E-state index is 0.508. The molecular formula is C20H23N3S. The standard InChI is InChI=1S/C20H23N3S/c24-20(23-21-11-5-8-14-6-2-1-3-7-14)22-19-13-15-12-18(19)17-10-4-9-16(15)17/h1-8,10-11,15-19H,9,12-13H2,(H2,22,23,24). The van der Waals surface area contributed by atoms with Gasteiger partial charge in [0.15, 0.2) is 5.11 Å². The average molecular weight is 337 g/mol. The van der Waals surface area contributed by atoms with Crippen LogP contribution in [0.5, 0.6) is 0 Å². The van der Waals surface area contributed by atoms with Crippen molar-refractivity contribution in [3.8, 4) is 0 Å². The molecule has 1 aromatic rings. The lowest BCUT2D eigenvalue weighted by molar-refractivity contribution is 0.246. The maximum Gasteiger partial charge on any atom is 0.187 e. The molecule has 3 aliphatic carbocycles. The molecule has 2 bridgehead atoms. The van der Waals surface area contributed by atoms with Gasteiger partial charge in [0.25, 0.3) is 0 Å². The van der Waals surface area contributed by atoms with E-state index in [0.717, 1.165) is 29.2 Å². The SMILES string of the molecule is S=C(NN=CC=Cc1ccccc1)NC1CC2CC1C1C=CCC21. The van der Waals surface area contributed by atoms with Crippen molar-refractivity contribution >= 4 is 29.6 Å². The van der Waals surface area contributed by atoms with Gasteiger partial charge in [-0.3, -0.25) is 5.43 Å². The highest BCUT2D eigenvalue weighted by Crippen LogP contribution is 2.56. The molecule has 124 valence electrons. The molecule has 0 aromatic heterocycles. The third-order valence-electron chi connectivity index (χ3n) is 5.74. The first kappa shape index (κ1) is 15.6. The van der Waals surface area contributed by atoms with Gasteiger partial charge < -0.3 is 5.32 Å². The Labute approximate surface area is 148 Å². The molecule has 5 atom stereocenters. The fourth-order valence-electron chi connectivity index (χ4n) is 4.77. The van der Waals surface area contributed by atoms with Crippen LogP contribution < -0.4 is 10.7 Å². The maximum atomic E-state index is 5.39. The first-order chi connectivity index (χ1) is 11.8. The Balaban J connectivity index is 1.24. The molecule has 0 radical (unpaired) electrons. The van der Waals surface area contributed by atoms with Crippen LogP contribution in [0.1, 0.15) is 24.8 Å². The zero-order valence-electron chi connectivity index (χ0n) is 13.6. The van der Waals surface area contributed by atoms with E-state index in [1.54, 1.807) is 6.21 Å². The van der Waals surface area contributed by atoms with E-state index in [2.05, 4.69) is 40.1 Å². The van der Waals surface area contributed by atoms with Gasteiger partial charge in [-0.05, 0) is 66.8 Å². The molecule has 5 unspecified atom stereocenters. The topological polar surface area (TPSA) is 36.4 Å².